The second-order valence-corrected chi connectivity index (χ2v) is 15.2. The maximum Gasteiger partial charge on any atom is 0.0727 e. The summed E-state index contributed by atoms with van der Waals surface area (Å²) in [5.74, 6) is 0. The van der Waals surface area contributed by atoms with E-state index in [1.165, 1.54) is 81.4 Å². The first-order valence-electron chi connectivity index (χ1n) is 18.0. The summed E-state index contributed by atoms with van der Waals surface area (Å²) in [5.41, 5.74) is 17.4. The summed E-state index contributed by atoms with van der Waals surface area (Å²) in [7, 11) is 0. The number of anilines is 3. The van der Waals surface area contributed by atoms with Crippen molar-refractivity contribution in [1.82, 2.24) is 0 Å². The summed E-state index contributed by atoms with van der Waals surface area (Å²) >= 11 is 1.93. The van der Waals surface area contributed by atoms with Gasteiger partial charge in [-0.1, -0.05) is 139 Å². The van der Waals surface area contributed by atoms with Crippen LogP contribution in [0.15, 0.2) is 182 Å². The lowest BCUT2D eigenvalue weighted by molar-refractivity contribution is 0.794. The van der Waals surface area contributed by atoms with Crippen molar-refractivity contribution >= 4 is 48.6 Å². The molecule has 1 spiro atoms. The molecule has 1 atom stereocenters. The first kappa shape index (κ1) is 29.5. The fourth-order valence-electron chi connectivity index (χ4n) is 9.10. The highest BCUT2D eigenvalue weighted by atomic mass is 32.1. The van der Waals surface area contributed by atoms with Crippen LogP contribution in [0.1, 0.15) is 27.8 Å². The van der Waals surface area contributed by atoms with Crippen molar-refractivity contribution in [2.24, 2.45) is 0 Å². The average molecular weight is 680 g/mol. The molecular weight excluding hydrogens is 647 g/mol. The van der Waals surface area contributed by atoms with Gasteiger partial charge in [-0.2, -0.15) is 0 Å². The van der Waals surface area contributed by atoms with Crippen LogP contribution < -0.4 is 4.90 Å². The fourth-order valence-corrected chi connectivity index (χ4v) is 10.4. The number of hydrogen-bond donors (Lipinski definition) is 0. The molecule has 0 aliphatic heterocycles. The van der Waals surface area contributed by atoms with Crippen LogP contribution in [0.3, 0.4) is 0 Å². The van der Waals surface area contributed by atoms with E-state index in [0.717, 1.165) is 17.1 Å². The van der Waals surface area contributed by atoms with Crippen LogP contribution in [-0.2, 0) is 5.41 Å². The van der Waals surface area contributed by atoms with Crippen LogP contribution in [0, 0.1) is 6.92 Å². The number of benzene rings is 8. The summed E-state index contributed by atoms with van der Waals surface area (Å²) in [6.45, 7) is 2.15. The molecule has 0 amide bonds. The summed E-state index contributed by atoms with van der Waals surface area (Å²) in [6.07, 6.45) is 0. The molecular formula is C50H33NS. The van der Waals surface area contributed by atoms with Crippen LogP contribution >= 0.6 is 11.3 Å². The number of rotatable bonds is 4. The summed E-state index contributed by atoms with van der Waals surface area (Å²) in [5, 5.41) is 2.67. The summed E-state index contributed by atoms with van der Waals surface area (Å²) in [6, 6.07) is 67.8. The van der Waals surface area contributed by atoms with Gasteiger partial charge >= 0.3 is 0 Å². The van der Waals surface area contributed by atoms with E-state index in [4.69, 9.17) is 0 Å². The van der Waals surface area contributed by atoms with Gasteiger partial charge in [-0.3, -0.25) is 0 Å². The Morgan fingerprint density at radius 2 is 1.08 bits per heavy atom. The van der Waals surface area contributed by atoms with Gasteiger partial charge in [0.05, 0.1) is 5.41 Å². The van der Waals surface area contributed by atoms with Crippen molar-refractivity contribution in [3.63, 3.8) is 0 Å². The van der Waals surface area contributed by atoms with Crippen molar-refractivity contribution in [2.45, 2.75) is 12.3 Å². The van der Waals surface area contributed by atoms with E-state index in [2.05, 4.69) is 194 Å². The number of fused-ring (bicyclic) bond motifs is 14. The molecule has 0 N–H and O–H groups in total. The molecule has 2 aliphatic rings. The molecule has 0 fully saturated rings. The van der Waals surface area contributed by atoms with Crippen LogP contribution in [0.25, 0.3) is 53.6 Å². The number of para-hydroxylation sites is 1. The molecule has 0 radical (unpaired) electrons. The predicted molar refractivity (Wildman–Crippen MR) is 220 cm³/mol. The maximum atomic E-state index is 2.49. The lowest BCUT2D eigenvalue weighted by Gasteiger charge is -2.32. The highest BCUT2D eigenvalue weighted by molar-refractivity contribution is 7.26. The third-order valence-corrected chi connectivity index (χ3v) is 12.5. The van der Waals surface area contributed by atoms with E-state index < -0.39 is 5.41 Å². The first-order valence-corrected chi connectivity index (χ1v) is 18.8. The Morgan fingerprint density at radius 1 is 0.423 bits per heavy atom. The zero-order chi connectivity index (χ0) is 34.4. The Hall–Kier alpha value is -6.22. The van der Waals surface area contributed by atoms with Gasteiger partial charge < -0.3 is 4.90 Å². The molecule has 9 aromatic rings. The zero-order valence-corrected chi connectivity index (χ0v) is 29.5. The van der Waals surface area contributed by atoms with Gasteiger partial charge in [0.25, 0.3) is 0 Å². The average Bonchev–Trinajstić information content (AvgIpc) is 3.83. The molecule has 1 unspecified atom stereocenters. The smallest absolute Gasteiger partial charge is 0.0727 e. The molecule has 2 heteroatoms. The molecule has 0 bridgehead atoms. The highest BCUT2D eigenvalue weighted by Crippen LogP contribution is 2.65. The lowest BCUT2D eigenvalue weighted by Crippen LogP contribution is -2.26. The molecule has 11 rings (SSSR count). The SMILES string of the molecule is Cc1ccc(N(c2ccccc2)c2ccc3c(c2)C2(c4cc(-c5ccccc5)ccc4-3)c3ccccc3-c3c2ccc2c3sc3ccccc32)cc1. The third-order valence-electron chi connectivity index (χ3n) is 11.3. The predicted octanol–water partition coefficient (Wildman–Crippen LogP) is 13.8. The third kappa shape index (κ3) is 4.04. The zero-order valence-electron chi connectivity index (χ0n) is 28.7. The van der Waals surface area contributed by atoms with Crippen molar-refractivity contribution in [2.75, 3.05) is 4.90 Å². The second-order valence-electron chi connectivity index (χ2n) is 14.1. The normalized spacial score (nSPS) is 15.1. The Kier molecular flexibility index (Phi) is 6.32. The van der Waals surface area contributed by atoms with E-state index in [1.807, 2.05) is 11.3 Å². The largest absolute Gasteiger partial charge is 0.310 e. The molecule has 1 aromatic heterocycles. The van der Waals surface area contributed by atoms with Gasteiger partial charge in [-0.05, 0) is 106 Å². The number of aryl methyl sites for hydroxylation is 1. The number of nitrogens with zero attached hydrogens (tertiary/aromatic N) is 1. The Bertz CT molecular complexity index is 2850. The van der Waals surface area contributed by atoms with Crippen LogP contribution in [0.2, 0.25) is 0 Å². The maximum absolute atomic E-state index is 2.49. The van der Waals surface area contributed by atoms with Gasteiger partial charge in [-0.25, -0.2) is 0 Å². The van der Waals surface area contributed by atoms with E-state index >= 15 is 0 Å². The van der Waals surface area contributed by atoms with E-state index in [9.17, 15) is 0 Å². The van der Waals surface area contributed by atoms with Crippen molar-refractivity contribution < 1.29 is 0 Å². The first-order chi connectivity index (χ1) is 25.7. The monoisotopic (exact) mass is 679 g/mol. The topological polar surface area (TPSA) is 3.24 Å². The second kappa shape index (κ2) is 11.1. The van der Waals surface area contributed by atoms with Crippen molar-refractivity contribution in [1.29, 1.82) is 0 Å². The molecule has 2 aliphatic carbocycles. The molecule has 8 aromatic carbocycles. The van der Waals surface area contributed by atoms with Crippen molar-refractivity contribution in [3.05, 3.63) is 210 Å². The minimum atomic E-state index is -0.489. The highest BCUT2D eigenvalue weighted by Gasteiger charge is 2.52. The van der Waals surface area contributed by atoms with Gasteiger partial charge in [-0.15, -0.1) is 11.3 Å². The molecule has 0 saturated heterocycles. The number of thiophene rings is 1. The van der Waals surface area contributed by atoms with Crippen LogP contribution in [0.5, 0.6) is 0 Å². The Balaban J connectivity index is 1.25. The van der Waals surface area contributed by atoms with Gasteiger partial charge in [0.1, 0.15) is 0 Å². The summed E-state index contributed by atoms with van der Waals surface area (Å²) in [4.78, 5) is 2.41. The Labute approximate surface area is 307 Å². The van der Waals surface area contributed by atoms with Gasteiger partial charge in [0.2, 0.25) is 0 Å². The molecule has 1 heterocycles. The van der Waals surface area contributed by atoms with Gasteiger partial charge in [0.15, 0.2) is 0 Å². The molecule has 52 heavy (non-hydrogen) atoms. The minimum absolute atomic E-state index is 0.489. The quantitative estimate of drug-likeness (QED) is 0.179. The van der Waals surface area contributed by atoms with Crippen LogP contribution in [-0.4, -0.2) is 0 Å². The van der Waals surface area contributed by atoms with E-state index in [0.29, 0.717) is 0 Å². The minimum Gasteiger partial charge on any atom is -0.310 e. The standard InChI is InChI=1S/C50H33NS/c1-32-20-23-36(24-21-32)51(35-14-6-3-7-15-35)37-25-27-39-38-26-22-34(33-12-4-2-5-13-33)30-45(38)50(46(39)31-37)43-18-10-8-17-42(43)48-44(50)29-28-41-40-16-9-11-19-47(40)52-49(41)48/h2-31H,1H3. The summed E-state index contributed by atoms with van der Waals surface area (Å²) < 4.78 is 2.71. The van der Waals surface area contributed by atoms with E-state index in [-0.39, 0.29) is 0 Å². The van der Waals surface area contributed by atoms with E-state index in [1.54, 1.807) is 0 Å². The lowest BCUT2D eigenvalue weighted by atomic mass is 9.70. The van der Waals surface area contributed by atoms with Crippen LogP contribution in [0.4, 0.5) is 17.1 Å². The van der Waals surface area contributed by atoms with Gasteiger partial charge in [0, 0.05) is 42.8 Å². The number of hydrogen-bond acceptors (Lipinski definition) is 2. The molecule has 1 nitrogen and oxygen atoms in total. The Morgan fingerprint density at radius 3 is 1.90 bits per heavy atom. The molecule has 244 valence electrons. The fraction of sp³-hybridized carbons (Fsp3) is 0.0400. The molecule has 0 saturated carbocycles. The van der Waals surface area contributed by atoms with Crippen molar-refractivity contribution in [3.8, 4) is 33.4 Å².